The fourth-order valence-corrected chi connectivity index (χ4v) is 3.18. The molecule has 0 unspecified atom stereocenters. The third-order valence-electron chi connectivity index (χ3n) is 3.75. The molecule has 0 aliphatic rings. The summed E-state index contributed by atoms with van der Waals surface area (Å²) >= 11 is 1.19. The minimum absolute atomic E-state index is 0.0681. The fraction of sp³-hybridized carbons (Fsp3) is 0.222. The van der Waals surface area contributed by atoms with Gasteiger partial charge < -0.3 is 5.32 Å². The Morgan fingerprint density at radius 1 is 1.15 bits per heavy atom. The van der Waals surface area contributed by atoms with Gasteiger partial charge in [0.05, 0.1) is 17.1 Å². The summed E-state index contributed by atoms with van der Waals surface area (Å²) in [5.41, 5.74) is 3.99. The van der Waals surface area contributed by atoms with Crippen LogP contribution in [0.25, 0.3) is 5.69 Å². The van der Waals surface area contributed by atoms with Crippen LogP contribution in [0.3, 0.4) is 0 Å². The average Bonchev–Trinajstić information content (AvgIpc) is 3.04. The number of aromatic nitrogens is 4. The lowest BCUT2D eigenvalue weighted by atomic mass is 10.1. The fourth-order valence-electron chi connectivity index (χ4n) is 2.50. The number of thioether (sulfide) groups is 1. The lowest BCUT2D eigenvalue weighted by Crippen LogP contribution is -2.15. The van der Waals surface area contributed by atoms with Gasteiger partial charge in [-0.2, -0.15) is 4.68 Å². The largest absolute Gasteiger partial charge is 0.323 e. The van der Waals surface area contributed by atoms with E-state index in [1.165, 1.54) is 17.8 Å². The normalized spacial score (nSPS) is 10.8. The van der Waals surface area contributed by atoms with Crippen LogP contribution in [-0.2, 0) is 4.79 Å². The quantitative estimate of drug-likeness (QED) is 0.696. The van der Waals surface area contributed by atoms with Crippen LogP contribution in [0.5, 0.6) is 0 Å². The molecule has 1 N–H and O–H groups in total. The number of rotatable bonds is 5. The van der Waals surface area contributed by atoms with E-state index in [4.69, 9.17) is 0 Å². The van der Waals surface area contributed by atoms with Crippen molar-refractivity contribution in [1.82, 2.24) is 20.2 Å². The summed E-state index contributed by atoms with van der Waals surface area (Å²) in [5.74, 6) is -0.713. The second-order valence-corrected chi connectivity index (χ2v) is 6.93. The zero-order chi connectivity index (χ0) is 18.7. The Kier molecular flexibility index (Phi) is 5.32. The Morgan fingerprint density at radius 2 is 1.88 bits per heavy atom. The number of benzene rings is 2. The Hall–Kier alpha value is -2.74. The van der Waals surface area contributed by atoms with Gasteiger partial charge in [-0.15, -0.1) is 5.10 Å². The predicted molar refractivity (Wildman–Crippen MR) is 99.1 cm³/mol. The maximum Gasteiger partial charge on any atom is 0.234 e. The van der Waals surface area contributed by atoms with Gasteiger partial charge in [0.1, 0.15) is 5.82 Å². The van der Waals surface area contributed by atoms with E-state index in [-0.39, 0.29) is 17.3 Å². The van der Waals surface area contributed by atoms with Crippen LogP contribution < -0.4 is 5.32 Å². The number of nitrogens with zero attached hydrogens (tertiary/aromatic N) is 4. The molecule has 0 bridgehead atoms. The van der Waals surface area contributed by atoms with Gasteiger partial charge in [0.15, 0.2) is 0 Å². The Labute approximate surface area is 154 Å². The van der Waals surface area contributed by atoms with Gasteiger partial charge in [-0.1, -0.05) is 35.5 Å². The maximum absolute atomic E-state index is 13.8. The number of tetrazole rings is 1. The van der Waals surface area contributed by atoms with E-state index < -0.39 is 5.82 Å². The summed E-state index contributed by atoms with van der Waals surface area (Å²) in [6.45, 7) is 5.78. The predicted octanol–water partition coefficient (Wildman–Crippen LogP) is 3.46. The second kappa shape index (κ2) is 7.65. The van der Waals surface area contributed by atoms with E-state index in [0.29, 0.717) is 5.16 Å². The maximum atomic E-state index is 13.8. The molecule has 0 aliphatic carbocycles. The Balaban J connectivity index is 1.69. The van der Waals surface area contributed by atoms with Crippen molar-refractivity contribution < 1.29 is 9.18 Å². The summed E-state index contributed by atoms with van der Waals surface area (Å²) in [5, 5.41) is 14.7. The second-order valence-electron chi connectivity index (χ2n) is 5.98. The van der Waals surface area contributed by atoms with Gasteiger partial charge in [-0.3, -0.25) is 4.79 Å². The molecule has 0 radical (unpaired) electrons. The first-order valence-electron chi connectivity index (χ1n) is 7.99. The number of anilines is 1. The van der Waals surface area contributed by atoms with Gasteiger partial charge in [-0.05, 0) is 60.5 Å². The number of carbonyl (C=O) groups is 1. The van der Waals surface area contributed by atoms with Crippen molar-refractivity contribution in [3.63, 3.8) is 0 Å². The van der Waals surface area contributed by atoms with E-state index in [2.05, 4.69) is 20.8 Å². The summed E-state index contributed by atoms with van der Waals surface area (Å²) in [6, 6.07) is 10.6. The zero-order valence-corrected chi connectivity index (χ0v) is 15.5. The van der Waals surface area contributed by atoms with E-state index in [9.17, 15) is 9.18 Å². The monoisotopic (exact) mass is 371 g/mol. The van der Waals surface area contributed by atoms with Crippen LogP contribution in [-0.4, -0.2) is 31.9 Å². The average molecular weight is 371 g/mol. The molecule has 0 saturated carbocycles. The number of carbonyl (C=O) groups excluding carboxylic acids is 1. The number of nitrogens with one attached hydrogen (secondary N) is 1. The van der Waals surface area contributed by atoms with Gasteiger partial charge >= 0.3 is 0 Å². The molecule has 0 saturated heterocycles. The third kappa shape index (κ3) is 4.08. The SMILES string of the molecule is Cc1ccc(-n2nnnc2SCC(=O)Nc2ccc(C)cc2F)c(C)c1. The molecule has 134 valence electrons. The van der Waals surface area contributed by atoms with Crippen LogP contribution in [0.4, 0.5) is 10.1 Å². The smallest absolute Gasteiger partial charge is 0.234 e. The zero-order valence-electron chi connectivity index (χ0n) is 14.7. The molecular formula is C18H18FN5OS. The van der Waals surface area contributed by atoms with Crippen molar-refractivity contribution in [3.05, 3.63) is 58.9 Å². The molecular weight excluding hydrogens is 353 g/mol. The van der Waals surface area contributed by atoms with Crippen molar-refractivity contribution in [2.75, 3.05) is 11.1 Å². The van der Waals surface area contributed by atoms with Crippen molar-refractivity contribution in [3.8, 4) is 5.69 Å². The molecule has 3 aromatic rings. The van der Waals surface area contributed by atoms with Crippen LogP contribution in [0.1, 0.15) is 16.7 Å². The van der Waals surface area contributed by atoms with Gasteiger partial charge in [0.25, 0.3) is 0 Å². The van der Waals surface area contributed by atoms with Crippen LogP contribution >= 0.6 is 11.8 Å². The molecule has 0 aliphatic heterocycles. The molecule has 1 heterocycles. The van der Waals surface area contributed by atoms with Gasteiger partial charge in [-0.25, -0.2) is 4.39 Å². The van der Waals surface area contributed by atoms with E-state index in [1.54, 1.807) is 23.7 Å². The molecule has 3 rings (SSSR count). The highest BCUT2D eigenvalue weighted by molar-refractivity contribution is 7.99. The number of halogens is 1. The van der Waals surface area contributed by atoms with Crippen LogP contribution in [0.15, 0.2) is 41.6 Å². The first kappa shape index (κ1) is 18.1. The van der Waals surface area contributed by atoms with Crippen LogP contribution in [0, 0.1) is 26.6 Å². The minimum atomic E-state index is -0.455. The molecule has 26 heavy (non-hydrogen) atoms. The summed E-state index contributed by atoms with van der Waals surface area (Å²) < 4.78 is 15.4. The topological polar surface area (TPSA) is 72.7 Å². The van der Waals surface area contributed by atoms with Crippen LogP contribution in [0.2, 0.25) is 0 Å². The number of hydrogen-bond acceptors (Lipinski definition) is 5. The van der Waals surface area contributed by atoms with Crippen molar-refractivity contribution in [1.29, 1.82) is 0 Å². The highest BCUT2D eigenvalue weighted by atomic mass is 32.2. The molecule has 0 spiro atoms. The summed E-state index contributed by atoms with van der Waals surface area (Å²) in [4.78, 5) is 12.1. The molecule has 6 nitrogen and oxygen atoms in total. The van der Waals surface area contributed by atoms with E-state index in [1.807, 2.05) is 32.0 Å². The summed E-state index contributed by atoms with van der Waals surface area (Å²) in [6.07, 6.45) is 0. The van der Waals surface area contributed by atoms with Gasteiger partial charge in [0, 0.05) is 0 Å². The molecule has 0 atom stereocenters. The van der Waals surface area contributed by atoms with Gasteiger partial charge in [0.2, 0.25) is 11.1 Å². The molecule has 8 heteroatoms. The number of aryl methyl sites for hydroxylation is 3. The standard InChI is InChI=1S/C18H18FN5OS/c1-11-5-7-16(13(3)8-11)24-18(21-22-23-24)26-10-17(25)20-15-6-4-12(2)9-14(15)19/h4-9H,10H2,1-3H3,(H,20,25). The van der Waals surface area contributed by atoms with E-state index in [0.717, 1.165) is 22.4 Å². The molecule has 2 aromatic carbocycles. The Morgan fingerprint density at radius 3 is 2.62 bits per heavy atom. The number of amides is 1. The Bertz CT molecular complexity index is 957. The number of hydrogen-bond donors (Lipinski definition) is 1. The minimum Gasteiger partial charge on any atom is -0.323 e. The molecule has 1 amide bonds. The lowest BCUT2D eigenvalue weighted by molar-refractivity contribution is -0.113. The highest BCUT2D eigenvalue weighted by Gasteiger charge is 2.14. The third-order valence-corrected chi connectivity index (χ3v) is 4.67. The highest BCUT2D eigenvalue weighted by Crippen LogP contribution is 2.22. The molecule has 0 fully saturated rings. The van der Waals surface area contributed by atoms with Crippen molar-refractivity contribution >= 4 is 23.4 Å². The lowest BCUT2D eigenvalue weighted by Gasteiger charge is -2.09. The first-order valence-corrected chi connectivity index (χ1v) is 8.97. The summed E-state index contributed by atoms with van der Waals surface area (Å²) in [7, 11) is 0. The van der Waals surface area contributed by atoms with Crippen molar-refractivity contribution in [2.45, 2.75) is 25.9 Å². The van der Waals surface area contributed by atoms with E-state index >= 15 is 0 Å². The first-order chi connectivity index (χ1) is 12.4. The van der Waals surface area contributed by atoms with Crippen molar-refractivity contribution in [2.24, 2.45) is 0 Å². The molecule has 1 aromatic heterocycles.